The van der Waals surface area contributed by atoms with Crippen molar-refractivity contribution in [3.63, 3.8) is 0 Å². The number of anilines is 2. The Balaban J connectivity index is 0.00000500. The van der Waals surface area contributed by atoms with Crippen LogP contribution < -0.4 is 21.3 Å². The molecule has 0 saturated carbocycles. The average Bonchev–Trinajstić information content (AvgIpc) is 3.43. The van der Waals surface area contributed by atoms with Gasteiger partial charge in [-0.15, -0.1) is 12.4 Å². The van der Waals surface area contributed by atoms with Crippen molar-refractivity contribution in [3.05, 3.63) is 97.6 Å². The Morgan fingerprint density at radius 3 is 1.68 bits per heavy atom. The number of hydrogen-bond acceptors (Lipinski definition) is 11. The van der Waals surface area contributed by atoms with Gasteiger partial charge in [-0.3, -0.25) is 44.5 Å². The first-order chi connectivity index (χ1) is 22.1. The van der Waals surface area contributed by atoms with Crippen molar-refractivity contribution >= 4 is 68.8 Å². The molecule has 16 nitrogen and oxygen atoms in total. The second kappa shape index (κ2) is 14.5. The number of carbonyl (C=O) groups is 2. The smallest absolute Gasteiger partial charge is 0.280 e. The van der Waals surface area contributed by atoms with Crippen molar-refractivity contribution in [2.24, 2.45) is 7.05 Å². The van der Waals surface area contributed by atoms with Gasteiger partial charge < -0.3 is 21.3 Å². The maximum atomic E-state index is 12.8. The normalized spacial score (nSPS) is 10.7. The van der Waals surface area contributed by atoms with E-state index in [0.29, 0.717) is 33.2 Å². The number of rotatable bonds is 12. The summed E-state index contributed by atoms with van der Waals surface area (Å²) in [5, 5.41) is 39.8. The van der Waals surface area contributed by atoms with E-state index < -0.39 is 21.7 Å². The van der Waals surface area contributed by atoms with Crippen LogP contribution in [-0.2, 0) is 7.05 Å². The van der Waals surface area contributed by atoms with Crippen molar-refractivity contribution in [3.8, 4) is 0 Å². The Bertz CT molecular complexity index is 2010. The predicted octanol–water partition coefficient (Wildman–Crippen LogP) is 4.06. The highest BCUT2D eigenvalue weighted by Crippen LogP contribution is 2.33. The lowest BCUT2D eigenvalue weighted by Crippen LogP contribution is -2.30. The molecule has 0 radical (unpaired) electrons. The third kappa shape index (κ3) is 7.17. The van der Waals surface area contributed by atoms with Crippen LogP contribution in [0.1, 0.15) is 32.1 Å². The molecule has 17 heteroatoms. The first-order valence-electron chi connectivity index (χ1n) is 14.2. The molecule has 0 bridgehead atoms. The highest BCUT2D eigenvalue weighted by Gasteiger charge is 2.20. The summed E-state index contributed by atoms with van der Waals surface area (Å²) in [6.07, 6.45) is 3.12. The molecule has 0 atom stereocenters. The van der Waals surface area contributed by atoms with E-state index in [9.17, 15) is 29.8 Å². The van der Waals surface area contributed by atoms with Crippen LogP contribution in [0, 0.1) is 34.1 Å². The molecule has 2 aromatic carbocycles. The van der Waals surface area contributed by atoms with E-state index in [0.717, 1.165) is 11.1 Å². The summed E-state index contributed by atoms with van der Waals surface area (Å²) >= 11 is 0. The number of nitro benzene ring substituents is 2. The summed E-state index contributed by atoms with van der Waals surface area (Å²) in [6.45, 7) is 4.53. The predicted molar refractivity (Wildman–Crippen MR) is 178 cm³/mol. The van der Waals surface area contributed by atoms with Crippen LogP contribution in [0.25, 0.3) is 21.8 Å². The molecular formula is C30H31ClN10O6. The fourth-order valence-electron chi connectivity index (χ4n) is 5.09. The highest BCUT2D eigenvalue weighted by atomic mass is 35.5. The number of aromatic nitrogens is 4. The van der Waals surface area contributed by atoms with Gasteiger partial charge in [0.2, 0.25) is 0 Å². The maximum absolute atomic E-state index is 12.8. The molecule has 0 aliphatic rings. The van der Waals surface area contributed by atoms with E-state index in [-0.39, 0.29) is 61.3 Å². The number of nitro groups is 2. The molecule has 3 aromatic heterocycles. The number of nitrogens with one attached hydrogen (secondary N) is 4. The molecule has 0 saturated heterocycles. The van der Waals surface area contributed by atoms with Gasteiger partial charge in [-0.05, 0) is 37.1 Å². The summed E-state index contributed by atoms with van der Waals surface area (Å²) < 4.78 is 1.29. The van der Waals surface area contributed by atoms with Crippen LogP contribution in [0.2, 0.25) is 0 Å². The van der Waals surface area contributed by atoms with E-state index >= 15 is 0 Å². The zero-order chi connectivity index (χ0) is 33.0. The SMILES string of the molecule is Cc1ccc([N+](=O)[O-])c2c(NCCNC(=O)c3cc(C(=O)NCCNc4ccnc5c(C)ccc([N+](=O)[O-])c45)n(C)n3)ccnc12.Cl. The molecule has 3 heterocycles. The minimum Gasteiger partial charge on any atom is -0.382 e. The van der Waals surface area contributed by atoms with Gasteiger partial charge in [-0.2, -0.15) is 5.10 Å². The van der Waals surface area contributed by atoms with Crippen molar-refractivity contribution in [2.45, 2.75) is 13.8 Å². The number of aryl methyl sites for hydroxylation is 3. The largest absolute Gasteiger partial charge is 0.382 e. The van der Waals surface area contributed by atoms with Gasteiger partial charge in [-0.1, -0.05) is 12.1 Å². The molecule has 0 spiro atoms. The zero-order valence-corrected chi connectivity index (χ0v) is 26.4. The van der Waals surface area contributed by atoms with Gasteiger partial charge in [0, 0.05) is 63.8 Å². The zero-order valence-electron chi connectivity index (χ0n) is 25.6. The molecule has 2 amide bonds. The van der Waals surface area contributed by atoms with Crippen molar-refractivity contribution in [1.29, 1.82) is 0 Å². The van der Waals surface area contributed by atoms with E-state index in [2.05, 4.69) is 36.3 Å². The average molecular weight is 663 g/mol. The molecule has 5 rings (SSSR count). The second-order valence-corrected chi connectivity index (χ2v) is 10.4. The van der Waals surface area contributed by atoms with Crippen LogP contribution in [-0.4, -0.2) is 67.6 Å². The van der Waals surface area contributed by atoms with Crippen molar-refractivity contribution in [1.82, 2.24) is 30.4 Å². The van der Waals surface area contributed by atoms with Gasteiger partial charge in [0.15, 0.2) is 5.69 Å². The minimum absolute atomic E-state index is 0. The topological polar surface area (TPSA) is 212 Å². The summed E-state index contributed by atoms with van der Waals surface area (Å²) in [5.41, 5.74) is 3.74. The van der Waals surface area contributed by atoms with Crippen LogP contribution in [0.3, 0.4) is 0 Å². The van der Waals surface area contributed by atoms with E-state index in [1.807, 2.05) is 13.8 Å². The van der Waals surface area contributed by atoms with Gasteiger partial charge in [-0.25, -0.2) is 0 Å². The lowest BCUT2D eigenvalue weighted by molar-refractivity contribution is -0.383. The molecule has 5 aromatic rings. The molecule has 0 unspecified atom stereocenters. The second-order valence-electron chi connectivity index (χ2n) is 10.4. The Kier molecular flexibility index (Phi) is 10.5. The fourth-order valence-corrected chi connectivity index (χ4v) is 5.09. The number of pyridine rings is 2. The Labute approximate surface area is 273 Å². The number of fused-ring (bicyclic) bond motifs is 2. The van der Waals surface area contributed by atoms with Gasteiger partial charge >= 0.3 is 0 Å². The standard InChI is InChI=1S/C30H30N10O6.ClH/c1-17-4-6-22(39(43)44)25-19(8-10-33-27(17)25)31-12-14-35-29(41)21-16-24(38(3)37-21)30(42)36-15-13-32-20-9-11-34-28-18(2)5-7-23(26(20)28)40(45)46;/h4-11,16H,12-15H2,1-3H3,(H,31,33)(H,32,34)(H,35,41)(H,36,42);1H. The number of halogens is 1. The van der Waals surface area contributed by atoms with Gasteiger partial charge in [0.25, 0.3) is 23.2 Å². The number of benzene rings is 2. The molecule has 4 N–H and O–H groups in total. The Morgan fingerprint density at radius 2 is 1.21 bits per heavy atom. The first-order valence-corrected chi connectivity index (χ1v) is 14.2. The molecular weight excluding hydrogens is 632 g/mol. The summed E-state index contributed by atoms with van der Waals surface area (Å²) in [4.78, 5) is 56.4. The quantitative estimate of drug-likeness (QED) is 0.0849. The van der Waals surface area contributed by atoms with Gasteiger partial charge in [0.1, 0.15) is 16.5 Å². The van der Waals surface area contributed by atoms with E-state index in [4.69, 9.17) is 0 Å². The van der Waals surface area contributed by atoms with Crippen LogP contribution in [0.5, 0.6) is 0 Å². The molecule has 0 aliphatic heterocycles. The number of carbonyl (C=O) groups excluding carboxylic acids is 2. The third-order valence-electron chi connectivity index (χ3n) is 7.33. The summed E-state index contributed by atoms with van der Waals surface area (Å²) in [7, 11) is 1.54. The summed E-state index contributed by atoms with van der Waals surface area (Å²) in [5.74, 6) is -0.957. The van der Waals surface area contributed by atoms with Crippen LogP contribution in [0.4, 0.5) is 22.7 Å². The van der Waals surface area contributed by atoms with Gasteiger partial charge in [0.05, 0.1) is 32.3 Å². The van der Waals surface area contributed by atoms with Crippen molar-refractivity contribution in [2.75, 3.05) is 36.8 Å². The highest BCUT2D eigenvalue weighted by molar-refractivity contribution is 6.01. The number of amides is 2. The Hall–Kier alpha value is -5.90. The molecule has 244 valence electrons. The Morgan fingerprint density at radius 1 is 0.745 bits per heavy atom. The van der Waals surface area contributed by atoms with Crippen LogP contribution >= 0.6 is 12.4 Å². The van der Waals surface area contributed by atoms with E-state index in [1.165, 1.54) is 22.9 Å². The van der Waals surface area contributed by atoms with Crippen LogP contribution in [0.15, 0.2) is 54.9 Å². The third-order valence-corrected chi connectivity index (χ3v) is 7.33. The number of nitrogens with zero attached hydrogens (tertiary/aromatic N) is 6. The first kappa shape index (κ1) is 34.0. The number of hydrogen-bond donors (Lipinski definition) is 4. The fraction of sp³-hybridized carbons (Fsp3) is 0.233. The molecule has 47 heavy (non-hydrogen) atoms. The lowest BCUT2D eigenvalue weighted by atomic mass is 10.1. The molecule has 0 aliphatic carbocycles. The lowest BCUT2D eigenvalue weighted by Gasteiger charge is -2.11. The minimum atomic E-state index is -0.499. The van der Waals surface area contributed by atoms with E-state index in [1.54, 1.807) is 43.7 Å². The monoisotopic (exact) mass is 662 g/mol. The van der Waals surface area contributed by atoms with Crippen molar-refractivity contribution < 1.29 is 19.4 Å². The molecule has 0 fully saturated rings. The maximum Gasteiger partial charge on any atom is 0.280 e. The number of non-ortho nitro benzene ring substituents is 2. The summed E-state index contributed by atoms with van der Waals surface area (Å²) in [6, 6.07) is 10.8.